The van der Waals surface area contributed by atoms with E-state index in [-0.39, 0.29) is 18.4 Å². The number of piperidine rings is 1. The van der Waals surface area contributed by atoms with Crippen LogP contribution in [0.2, 0.25) is 0 Å². The van der Waals surface area contributed by atoms with Crippen molar-refractivity contribution in [3.05, 3.63) is 35.8 Å². The summed E-state index contributed by atoms with van der Waals surface area (Å²) in [6, 6.07) is 2.11. The highest BCUT2D eigenvalue weighted by atomic mass is 16.1. The summed E-state index contributed by atoms with van der Waals surface area (Å²) >= 11 is 0. The van der Waals surface area contributed by atoms with Gasteiger partial charge in [0.15, 0.2) is 0 Å². The third kappa shape index (κ3) is 4.15. The Kier molecular flexibility index (Phi) is 5.31. The van der Waals surface area contributed by atoms with Gasteiger partial charge in [-0.15, -0.1) is 0 Å². The smallest absolute Gasteiger partial charge is 0.237 e. The monoisotopic (exact) mass is 342 g/mol. The van der Waals surface area contributed by atoms with Crippen molar-refractivity contribution in [1.82, 2.24) is 19.5 Å². The zero-order valence-corrected chi connectivity index (χ0v) is 15.0. The van der Waals surface area contributed by atoms with Crippen LogP contribution in [-0.4, -0.2) is 38.5 Å². The highest BCUT2D eigenvalue weighted by Gasteiger charge is 2.26. The molecule has 1 aliphatic heterocycles. The molecule has 3 heterocycles. The summed E-state index contributed by atoms with van der Waals surface area (Å²) in [5, 5.41) is 0. The lowest BCUT2D eigenvalue weighted by atomic mass is 9.97. The SMILES string of the molecule is CCCc1cc(N2CCC[C@H](c3nccn3CC(N)=O)C2)nc(C)n1. The molecule has 0 aromatic carbocycles. The summed E-state index contributed by atoms with van der Waals surface area (Å²) in [5.74, 6) is 2.67. The van der Waals surface area contributed by atoms with Crippen molar-refractivity contribution in [1.29, 1.82) is 0 Å². The molecule has 7 heteroatoms. The van der Waals surface area contributed by atoms with E-state index in [1.807, 2.05) is 17.7 Å². The van der Waals surface area contributed by atoms with Crippen molar-refractivity contribution in [3.8, 4) is 0 Å². The van der Waals surface area contributed by atoms with Crippen LogP contribution in [-0.2, 0) is 17.8 Å². The molecule has 0 bridgehead atoms. The summed E-state index contributed by atoms with van der Waals surface area (Å²) in [6.07, 6.45) is 7.73. The van der Waals surface area contributed by atoms with Crippen LogP contribution in [0.1, 0.15) is 49.4 Å². The van der Waals surface area contributed by atoms with Crippen LogP contribution in [0.4, 0.5) is 5.82 Å². The third-order valence-corrected chi connectivity index (χ3v) is 4.57. The van der Waals surface area contributed by atoms with Gasteiger partial charge in [-0.3, -0.25) is 4.79 Å². The van der Waals surface area contributed by atoms with Crippen LogP contribution in [0.25, 0.3) is 0 Å². The Morgan fingerprint density at radius 3 is 3.00 bits per heavy atom. The van der Waals surface area contributed by atoms with Gasteiger partial charge in [-0.25, -0.2) is 15.0 Å². The number of nitrogens with two attached hydrogens (primary N) is 1. The Balaban J connectivity index is 1.80. The molecule has 2 aromatic rings. The van der Waals surface area contributed by atoms with Crippen molar-refractivity contribution in [2.45, 2.75) is 52.0 Å². The van der Waals surface area contributed by atoms with E-state index in [1.165, 1.54) is 0 Å². The second-order valence-electron chi connectivity index (χ2n) is 6.68. The maximum Gasteiger partial charge on any atom is 0.237 e. The molecule has 0 saturated carbocycles. The molecule has 2 N–H and O–H groups in total. The molecule has 134 valence electrons. The van der Waals surface area contributed by atoms with E-state index in [4.69, 9.17) is 5.73 Å². The van der Waals surface area contributed by atoms with Gasteiger partial charge in [0.25, 0.3) is 0 Å². The summed E-state index contributed by atoms with van der Waals surface area (Å²) in [6.45, 7) is 6.11. The van der Waals surface area contributed by atoms with E-state index in [9.17, 15) is 4.79 Å². The Morgan fingerprint density at radius 1 is 1.40 bits per heavy atom. The molecule has 2 aromatic heterocycles. The molecule has 1 saturated heterocycles. The molecule has 7 nitrogen and oxygen atoms in total. The highest BCUT2D eigenvalue weighted by molar-refractivity contribution is 5.73. The number of carbonyl (C=O) groups excluding carboxylic acids is 1. The Labute approximate surface area is 148 Å². The molecule has 0 aliphatic carbocycles. The number of aryl methyl sites for hydroxylation is 2. The van der Waals surface area contributed by atoms with Gasteiger partial charge in [-0.05, 0) is 26.2 Å². The number of amides is 1. The van der Waals surface area contributed by atoms with Crippen molar-refractivity contribution in [3.63, 3.8) is 0 Å². The minimum Gasteiger partial charge on any atom is -0.368 e. The number of aromatic nitrogens is 4. The van der Waals surface area contributed by atoms with Gasteiger partial charge in [0.2, 0.25) is 5.91 Å². The predicted molar refractivity (Wildman–Crippen MR) is 96.4 cm³/mol. The summed E-state index contributed by atoms with van der Waals surface area (Å²) in [5.41, 5.74) is 6.45. The summed E-state index contributed by atoms with van der Waals surface area (Å²) in [7, 11) is 0. The minimum absolute atomic E-state index is 0.180. The highest BCUT2D eigenvalue weighted by Crippen LogP contribution is 2.28. The number of carbonyl (C=O) groups is 1. The first kappa shape index (κ1) is 17.4. The van der Waals surface area contributed by atoms with Crippen molar-refractivity contribution in [2.24, 2.45) is 5.73 Å². The van der Waals surface area contributed by atoms with Gasteiger partial charge in [0.05, 0.1) is 0 Å². The molecule has 25 heavy (non-hydrogen) atoms. The maximum absolute atomic E-state index is 11.3. The molecule has 1 amide bonds. The minimum atomic E-state index is -0.345. The maximum atomic E-state index is 11.3. The number of hydrogen-bond acceptors (Lipinski definition) is 5. The van der Waals surface area contributed by atoms with Gasteiger partial charge in [-0.1, -0.05) is 13.3 Å². The number of hydrogen-bond donors (Lipinski definition) is 1. The lowest BCUT2D eigenvalue weighted by molar-refractivity contribution is -0.118. The van der Waals surface area contributed by atoms with Crippen molar-refractivity contribution in [2.75, 3.05) is 18.0 Å². The first-order chi connectivity index (χ1) is 12.1. The molecule has 3 rings (SSSR count). The van der Waals surface area contributed by atoms with Crippen molar-refractivity contribution < 1.29 is 4.79 Å². The lowest BCUT2D eigenvalue weighted by Crippen LogP contribution is -2.36. The van der Waals surface area contributed by atoms with E-state index in [0.717, 1.165) is 61.9 Å². The zero-order chi connectivity index (χ0) is 17.8. The fourth-order valence-electron chi connectivity index (χ4n) is 3.54. The molecule has 1 aliphatic rings. The number of anilines is 1. The first-order valence-electron chi connectivity index (χ1n) is 8.95. The lowest BCUT2D eigenvalue weighted by Gasteiger charge is -2.33. The van der Waals surface area contributed by atoms with E-state index < -0.39 is 0 Å². The van der Waals surface area contributed by atoms with Crippen LogP contribution in [0.3, 0.4) is 0 Å². The largest absolute Gasteiger partial charge is 0.368 e. The molecule has 0 radical (unpaired) electrons. The Bertz CT molecular complexity index is 741. The molecule has 0 unspecified atom stereocenters. The second kappa shape index (κ2) is 7.63. The fourth-order valence-corrected chi connectivity index (χ4v) is 3.54. The normalized spacial score (nSPS) is 17.7. The van der Waals surface area contributed by atoms with Crippen molar-refractivity contribution >= 4 is 11.7 Å². The fraction of sp³-hybridized carbons (Fsp3) is 0.556. The average Bonchev–Trinajstić information content (AvgIpc) is 3.02. The van der Waals surface area contributed by atoms with Crippen LogP contribution in [0.5, 0.6) is 0 Å². The predicted octanol–water partition coefficient (Wildman–Crippen LogP) is 1.80. The Hall–Kier alpha value is -2.44. The standard InChI is InChI=1S/C18H26N6O/c1-3-5-15-10-17(22-13(2)21-15)23-8-4-6-14(11-23)18-20-7-9-24(18)12-16(19)25/h7,9-10,14H,3-6,8,11-12H2,1-2H3,(H2,19,25)/t14-/m0/s1. The summed E-state index contributed by atoms with van der Waals surface area (Å²) < 4.78 is 1.87. The van der Waals surface area contributed by atoms with Crippen LogP contribution in [0.15, 0.2) is 18.5 Å². The number of imidazole rings is 1. The average molecular weight is 342 g/mol. The second-order valence-corrected chi connectivity index (χ2v) is 6.68. The molecule has 1 fully saturated rings. The van der Waals surface area contributed by atoms with Crippen LogP contribution >= 0.6 is 0 Å². The van der Waals surface area contributed by atoms with Gasteiger partial charge in [-0.2, -0.15) is 0 Å². The van der Waals surface area contributed by atoms with E-state index in [1.54, 1.807) is 6.20 Å². The van der Waals surface area contributed by atoms with E-state index in [0.29, 0.717) is 0 Å². The van der Waals surface area contributed by atoms with Gasteiger partial charge < -0.3 is 15.2 Å². The topological polar surface area (TPSA) is 89.9 Å². The molecule has 0 spiro atoms. The van der Waals surface area contributed by atoms with Gasteiger partial charge >= 0.3 is 0 Å². The summed E-state index contributed by atoms with van der Waals surface area (Å²) in [4.78, 5) is 27.2. The van der Waals surface area contributed by atoms with Crippen LogP contribution in [0, 0.1) is 6.92 Å². The van der Waals surface area contributed by atoms with Crippen LogP contribution < -0.4 is 10.6 Å². The number of nitrogens with zero attached hydrogens (tertiary/aromatic N) is 5. The molecular weight excluding hydrogens is 316 g/mol. The number of rotatable bonds is 6. The Morgan fingerprint density at radius 2 is 2.24 bits per heavy atom. The zero-order valence-electron chi connectivity index (χ0n) is 15.0. The van der Waals surface area contributed by atoms with Gasteiger partial charge in [0, 0.05) is 43.2 Å². The molecular formula is C18H26N6O. The van der Waals surface area contributed by atoms with E-state index in [2.05, 4.69) is 32.8 Å². The molecule has 1 atom stereocenters. The van der Waals surface area contributed by atoms with Gasteiger partial charge in [0.1, 0.15) is 24.0 Å². The quantitative estimate of drug-likeness (QED) is 0.864. The van der Waals surface area contributed by atoms with E-state index >= 15 is 0 Å². The number of primary amides is 1. The first-order valence-corrected chi connectivity index (χ1v) is 8.95. The third-order valence-electron chi connectivity index (χ3n) is 4.57.